The Labute approximate surface area is 184 Å². The van der Waals surface area contributed by atoms with Gasteiger partial charge in [-0.2, -0.15) is 4.98 Å². The lowest BCUT2D eigenvalue weighted by molar-refractivity contribution is -0.134. The molecule has 4 rings (SSSR count). The maximum atomic E-state index is 12.8. The van der Waals surface area contributed by atoms with Crippen LogP contribution in [0.2, 0.25) is 0 Å². The minimum atomic E-state index is -0.580. The zero-order chi connectivity index (χ0) is 21.8. The first-order chi connectivity index (χ1) is 15.0. The van der Waals surface area contributed by atoms with Crippen molar-refractivity contribution in [2.75, 3.05) is 26.2 Å². The predicted molar refractivity (Wildman–Crippen MR) is 118 cm³/mol. The number of hydrogen-bond acceptors (Lipinski definition) is 7. The highest BCUT2D eigenvalue weighted by atomic mass is 32.1. The van der Waals surface area contributed by atoms with Gasteiger partial charge in [-0.3, -0.25) is 14.5 Å². The third-order valence-corrected chi connectivity index (χ3v) is 6.12. The Balaban J connectivity index is 1.26. The van der Waals surface area contributed by atoms with Crippen LogP contribution in [0.5, 0.6) is 0 Å². The van der Waals surface area contributed by atoms with Gasteiger partial charge in [-0.05, 0) is 37.4 Å². The van der Waals surface area contributed by atoms with Crippen LogP contribution in [0.1, 0.15) is 28.7 Å². The molecule has 1 atom stereocenters. The second kappa shape index (κ2) is 9.40. The van der Waals surface area contributed by atoms with Crippen molar-refractivity contribution in [2.24, 2.45) is 0 Å². The Morgan fingerprint density at radius 3 is 2.71 bits per heavy atom. The molecule has 31 heavy (non-hydrogen) atoms. The molecule has 8 nitrogen and oxygen atoms in total. The molecule has 3 aromatic rings. The molecule has 0 bridgehead atoms. The SMILES string of the molecule is Cc1cccc(C(=O)NC(C)C(=O)N2CCN(Cc3nc(-c4cccs4)no3)CC2)c1. The number of piperazine rings is 1. The zero-order valence-corrected chi connectivity index (χ0v) is 18.4. The van der Waals surface area contributed by atoms with Gasteiger partial charge in [0.25, 0.3) is 5.91 Å². The summed E-state index contributed by atoms with van der Waals surface area (Å²) in [4.78, 5) is 34.6. The number of nitrogens with one attached hydrogen (secondary N) is 1. The summed E-state index contributed by atoms with van der Waals surface area (Å²) in [6.07, 6.45) is 0. The van der Waals surface area contributed by atoms with Crippen molar-refractivity contribution >= 4 is 23.2 Å². The molecule has 0 saturated carbocycles. The van der Waals surface area contributed by atoms with Crippen LogP contribution < -0.4 is 5.32 Å². The first-order valence-electron chi connectivity index (χ1n) is 10.2. The van der Waals surface area contributed by atoms with Gasteiger partial charge in [-0.25, -0.2) is 0 Å². The molecule has 1 saturated heterocycles. The lowest BCUT2D eigenvalue weighted by atomic mass is 10.1. The van der Waals surface area contributed by atoms with E-state index in [-0.39, 0.29) is 11.8 Å². The molecular weight excluding hydrogens is 414 g/mol. The number of benzene rings is 1. The summed E-state index contributed by atoms with van der Waals surface area (Å²) in [6.45, 7) is 6.82. The van der Waals surface area contributed by atoms with Crippen molar-refractivity contribution in [3.8, 4) is 10.7 Å². The van der Waals surface area contributed by atoms with Gasteiger partial charge in [-0.1, -0.05) is 28.9 Å². The number of thiophene rings is 1. The van der Waals surface area contributed by atoms with Gasteiger partial charge in [0.05, 0.1) is 11.4 Å². The molecule has 1 aliphatic rings. The van der Waals surface area contributed by atoms with E-state index < -0.39 is 6.04 Å². The Morgan fingerprint density at radius 1 is 1.19 bits per heavy atom. The fourth-order valence-electron chi connectivity index (χ4n) is 3.54. The maximum absolute atomic E-state index is 12.8. The zero-order valence-electron chi connectivity index (χ0n) is 17.6. The summed E-state index contributed by atoms with van der Waals surface area (Å²) in [6, 6.07) is 10.7. The maximum Gasteiger partial charge on any atom is 0.251 e. The van der Waals surface area contributed by atoms with Gasteiger partial charge >= 0.3 is 0 Å². The molecule has 2 amide bonds. The smallest absolute Gasteiger partial charge is 0.251 e. The van der Waals surface area contributed by atoms with Crippen LogP contribution in [0.25, 0.3) is 10.7 Å². The lowest BCUT2D eigenvalue weighted by Crippen LogP contribution is -2.53. The molecule has 1 N–H and O–H groups in total. The summed E-state index contributed by atoms with van der Waals surface area (Å²) < 4.78 is 5.37. The quantitative estimate of drug-likeness (QED) is 0.635. The summed E-state index contributed by atoms with van der Waals surface area (Å²) in [5.41, 5.74) is 1.57. The van der Waals surface area contributed by atoms with Crippen LogP contribution in [-0.2, 0) is 11.3 Å². The van der Waals surface area contributed by atoms with E-state index in [2.05, 4.69) is 20.4 Å². The fraction of sp³-hybridized carbons (Fsp3) is 0.364. The lowest BCUT2D eigenvalue weighted by Gasteiger charge is -2.35. The van der Waals surface area contributed by atoms with Gasteiger partial charge in [0.1, 0.15) is 6.04 Å². The predicted octanol–water partition coefficient (Wildman–Crippen LogP) is 2.57. The third-order valence-electron chi connectivity index (χ3n) is 5.25. The largest absolute Gasteiger partial charge is 0.341 e. The molecule has 1 fully saturated rings. The second-order valence-electron chi connectivity index (χ2n) is 7.66. The molecular formula is C22H25N5O3S. The Bertz CT molecular complexity index is 1040. The molecule has 0 aliphatic carbocycles. The van der Waals surface area contributed by atoms with E-state index in [1.165, 1.54) is 0 Å². The number of carbonyl (C=O) groups excluding carboxylic acids is 2. The van der Waals surface area contributed by atoms with E-state index in [4.69, 9.17) is 4.52 Å². The Kier molecular flexibility index (Phi) is 6.43. The van der Waals surface area contributed by atoms with Crippen LogP contribution in [-0.4, -0.2) is 64.0 Å². The topological polar surface area (TPSA) is 91.6 Å². The summed E-state index contributed by atoms with van der Waals surface area (Å²) in [7, 11) is 0. The van der Waals surface area contributed by atoms with E-state index in [9.17, 15) is 9.59 Å². The number of carbonyl (C=O) groups is 2. The van der Waals surface area contributed by atoms with Crippen molar-refractivity contribution in [1.82, 2.24) is 25.3 Å². The molecule has 0 radical (unpaired) electrons. The minimum absolute atomic E-state index is 0.0709. The molecule has 1 aromatic carbocycles. The number of amides is 2. The molecule has 3 heterocycles. The normalized spacial score (nSPS) is 15.6. The van der Waals surface area contributed by atoms with Crippen molar-refractivity contribution < 1.29 is 14.1 Å². The van der Waals surface area contributed by atoms with Gasteiger partial charge in [-0.15, -0.1) is 11.3 Å². The van der Waals surface area contributed by atoms with E-state index in [0.29, 0.717) is 50.0 Å². The van der Waals surface area contributed by atoms with Crippen LogP contribution >= 0.6 is 11.3 Å². The summed E-state index contributed by atoms with van der Waals surface area (Å²) in [5, 5.41) is 8.83. The molecule has 0 spiro atoms. The van der Waals surface area contributed by atoms with Crippen LogP contribution in [0.3, 0.4) is 0 Å². The van der Waals surface area contributed by atoms with Crippen LogP contribution in [0.15, 0.2) is 46.3 Å². The van der Waals surface area contributed by atoms with E-state index in [1.54, 1.807) is 29.2 Å². The number of hydrogen-bond donors (Lipinski definition) is 1. The molecule has 1 unspecified atom stereocenters. The van der Waals surface area contributed by atoms with Crippen molar-refractivity contribution in [3.05, 3.63) is 58.8 Å². The molecule has 2 aromatic heterocycles. The van der Waals surface area contributed by atoms with Gasteiger partial charge in [0.2, 0.25) is 17.6 Å². The highest BCUT2D eigenvalue weighted by Gasteiger charge is 2.27. The second-order valence-corrected chi connectivity index (χ2v) is 8.60. The van der Waals surface area contributed by atoms with Crippen LogP contribution in [0.4, 0.5) is 0 Å². The highest BCUT2D eigenvalue weighted by molar-refractivity contribution is 7.13. The van der Waals surface area contributed by atoms with Gasteiger partial charge in [0.15, 0.2) is 0 Å². The Morgan fingerprint density at radius 2 is 2.00 bits per heavy atom. The first kappa shape index (κ1) is 21.2. The van der Waals surface area contributed by atoms with E-state index in [1.807, 2.05) is 42.6 Å². The fourth-order valence-corrected chi connectivity index (χ4v) is 4.19. The number of rotatable bonds is 6. The number of aromatic nitrogens is 2. The molecule has 9 heteroatoms. The molecule has 1 aliphatic heterocycles. The monoisotopic (exact) mass is 439 g/mol. The van der Waals surface area contributed by atoms with Crippen molar-refractivity contribution in [3.63, 3.8) is 0 Å². The minimum Gasteiger partial charge on any atom is -0.341 e. The Hall–Kier alpha value is -3.04. The molecule has 162 valence electrons. The third kappa shape index (κ3) is 5.18. The van der Waals surface area contributed by atoms with Gasteiger partial charge in [0, 0.05) is 31.7 Å². The van der Waals surface area contributed by atoms with Crippen molar-refractivity contribution in [2.45, 2.75) is 26.4 Å². The highest BCUT2D eigenvalue weighted by Crippen LogP contribution is 2.21. The standard InChI is InChI=1S/C22H25N5O3S/c1-15-5-3-6-17(13-15)21(28)23-16(2)22(29)27-10-8-26(9-11-27)14-19-24-20(25-30-19)18-7-4-12-31-18/h3-7,12-13,16H,8-11,14H2,1-2H3,(H,23,28). The van der Waals surface area contributed by atoms with Gasteiger partial charge < -0.3 is 14.7 Å². The van der Waals surface area contributed by atoms with Crippen LogP contribution in [0, 0.1) is 6.92 Å². The summed E-state index contributed by atoms with van der Waals surface area (Å²) in [5.74, 6) is 0.874. The average molecular weight is 440 g/mol. The average Bonchev–Trinajstić information content (AvgIpc) is 3.46. The first-order valence-corrected chi connectivity index (χ1v) is 11.1. The number of aryl methyl sites for hydroxylation is 1. The van der Waals surface area contributed by atoms with Crippen molar-refractivity contribution in [1.29, 1.82) is 0 Å². The van der Waals surface area contributed by atoms with E-state index in [0.717, 1.165) is 10.4 Å². The number of nitrogens with zero attached hydrogens (tertiary/aromatic N) is 4. The van der Waals surface area contributed by atoms with E-state index >= 15 is 0 Å². The summed E-state index contributed by atoms with van der Waals surface area (Å²) >= 11 is 1.57.